The lowest BCUT2D eigenvalue weighted by molar-refractivity contribution is -0.116. The average molecular weight is 247 g/mol. The molecule has 4 nitrogen and oxygen atoms in total. The predicted octanol–water partition coefficient (Wildman–Crippen LogP) is 2.08. The van der Waals surface area contributed by atoms with Crippen molar-refractivity contribution in [1.29, 1.82) is 0 Å². The summed E-state index contributed by atoms with van der Waals surface area (Å²) in [6, 6.07) is 5.20. The highest BCUT2D eigenvalue weighted by Gasteiger charge is 2.32. The zero-order chi connectivity index (χ0) is 13.3. The second kappa shape index (κ2) is 4.37. The van der Waals surface area contributed by atoms with Crippen molar-refractivity contribution in [3.8, 4) is 11.5 Å². The third-order valence-corrected chi connectivity index (χ3v) is 3.19. The van der Waals surface area contributed by atoms with E-state index in [2.05, 4.69) is 5.32 Å². The van der Waals surface area contributed by atoms with Crippen LogP contribution in [-0.2, 0) is 10.3 Å². The van der Waals surface area contributed by atoms with Gasteiger partial charge in [-0.25, -0.2) is 0 Å². The van der Waals surface area contributed by atoms with Crippen molar-refractivity contribution in [3.63, 3.8) is 0 Å². The third-order valence-electron chi connectivity index (χ3n) is 3.19. The van der Waals surface area contributed by atoms with Gasteiger partial charge in [0.1, 0.15) is 0 Å². The molecule has 4 heteroatoms. The van der Waals surface area contributed by atoms with Gasteiger partial charge in [-0.2, -0.15) is 0 Å². The van der Waals surface area contributed by atoms with Crippen LogP contribution in [0.5, 0.6) is 11.5 Å². The molecule has 1 aliphatic heterocycles. The van der Waals surface area contributed by atoms with Gasteiger partial charge >= 0.3 is 0 Å². The van der Waals surface area contributed by atoms with E-state index in [1.165, 1.54) is 7.11 Å². The fraction of sp³-hybridized carbons (Fsp3) is 0.357. The molecule has 0 amide bonds. The van der Waals surface area contributed by atoms with Gasteiger partial charge in [0.25, 0.3) is 0 Å². The first kappa shape index (κ1) is 12.5. The molecule has 1 atom stereocenters. The van der Waals surface area contributed by atoms with E-state index in [1.54, 1.807) is 18.2 Å². The molecule has 2 rings (SSSR count). The van der Waals surface area contributed by atoms with Crippen molar-refractivity contribution in [3.05, 3.63) is 35.5 Å². The van der Waals surface area contributed by atoms with Gasteiger partial charge in [0, 0.05) is 12.1 Å². The molecule has 0 aromatic heterocycles. The second-order valence-corrected chi connectivity index (χ2v) is 4.81. The number of carbonyl (C=O) groups is 1. The minimum Gasteiger partial charge on any atom is -0.504 e. The Labute approximate surface area is 106 Å². The largest absolute Gasteiger partial charge is 0.504 e. The van der Waals surface area contributed by atoms with E-state index in [0.29, 0.717) is 12.2 Å². The van der Waals surface area contributed by atoms with Gasteiger partial charge in [-0.15, -0.1) is 0 Å². The number of ether oxygens (including phenoxy) is 1. The number of phenols is 1. The van der Waals surface area contributed by atoms with Crippen LogP contribution < -0.4 is 10.1 Å². The topological polar surface area (TPSA) is 58.6 Å². The van der Waals surface area contributed by atoms with Crippen LogP contribution in [0.25, 0.3) is 0 Å². The molecule has 2 N–H and O–H groups in total. The number of nitrogens with one attached hydrogen (secondary N) is 1. The molecular formula is C14H17NO3. The summed E-state index contributed by atoms with van der Waals surface area (Å²) < 4.78 is 5.01. The minimum atomic E-state index is -0.486. The molecule has 1 aromatic carbocycles. The van der Waals surface area contributed by atoms with Gasteiger partial charge in [-0.3, -0.25) is 4.79 Å². The number of aromatic hydroxyl groups is 1. The van der Waals surface area contributed by atoms with Crippen LogP contribution in [0.4, 0.5) is 0 Å². The Hall–Kier alpha value is -1.97. The smallest absolute Gasteiger partial charge is 0.160 e. The average Bonchev–Trinajstić information content (AvgIpc) is 2.27. The Morgan fingerprint density at radius 1 is 1.44 bits per heavy atom. The molecule has 0 radical (unpaired) electrons. The maximum Gasteiger partial charge on any atom is 0.160 e. The molecule has 1 aromatic rings. The maximum absolute atomic E-state index is 11.7. The third kappa shape index (κ3) is 2.18. The number of methoxy groups -OCH3 is 1. The zero-order valence-corrected chi connectivity index (χ0v) is 10.8. The molecular weight excluding hydrogens is 230 g/mol. The van der Waals surface area contributed by atoms with Crippen LogP contribution in [0.3, 0.4) is 0 Å². The molecule has 18 heavy (non-hydrogen) atoms. The Morgan fingerprint density at radius 3 is 2.72 bits per heavy atom. The van der Waals surface area contributed by atoms with E-state index in [-0.39, 0.29) is 11.5 Å². The van der Waals surface area contributed by atoms with Crippen LogP contribution in [0.1, 0.15) is 25.8 Å². The maximum atomic E-state index is 11.7. The lowest BCUT2D eigenvalue weighted by Crippen LogP contribution is -2.43. The summed E-state index contributed by atoms with van der Waals surface area (Å²) in [6.07, 6.45) is 1.97. The van der Waals surface area contributed by atoms with Gasteiger partial charge in [-0.05, 0) is 37.6 Å². The molecule has 1 aliphatic rings. The number of benzene rings is 1. The van der Waals surface area contributed by atoms with E-state index in [1.807, 2.05) is 19.9 Å². The van der Waals surface area contributed by atoms with Crippen LogP contribution >= 0.6 is 0 Å². The molecule has 0 bridgehead atoms. The van der Waals surface area contributed by atoms with Crippen LogP contribution in [0.15, 0.2) is 30.0 Å². The van der Waals surface area contributed by atoms with Crippen molar-refractivity contribution >= 4 is 5.78 Å². The summed E-state index contributed by atoms with van der Waals surface area (Å²) in [5.41, 5.74) is 1.21. The van der Waals surface area contributed by atoms with Crippen molar-refractivity contribution < 1.29 is 14.6 Å². The number of phenolic OH excluding ortho intramolecular Hbond substituents is 1. The lowest BCUT2D eigenvalue weighted by Gasteiger charge is -2.35. The molecule has 1 unspecified atom stereocenters. The summed E-state index contributed by atoms with van der Waals surface area (Å²) in [6.45, 7) is 3.81. The van der Waals surface area contributed by atoms with Crippen LogP contribution in [0, 0.1) is 0 Å². The Bertz CT molecular complexity index is 522. The predicted molar refractivity (Wildman–Crippen MR) is 68.5 cm³/mol. The highest BCUT2D eigenvalue weighted by atomic mass is 16.5. The molecule has 1 heterocycles. The molecule has 96 valence electrons. The normalized spacial score (nSPS) is 23.3. The van der Waals surface area contributed by atoms with Crippen LogP contribution in [-0.4, -0.2) is 18.0 Å². The van der Waals surface area contributed by atoms with E-state index in [9.17, 15) is 9.90 Å². The lowest BCUT2D eigenvalue weighted by atomic mass is 9.84. The first-order valence-electron chi connectivity index (χ1n) is 5.81. The first-order valence-corrected chi connectivity index (χ1v) is 5.81. The first-order chi connectivity index (χ1) is 8.44. The number of ketones is 1. The molecule has 0 saturated heterocycles. The van der Waals surface area contributed by atoms with Crippen molar-refractivity contribution in [1.82, 2.24) is 5.32 Å². The number of rotatable bonds is 2. The Morgan fingerprint density at radius 2 is 2.17 bits per heavy atom. The monoisotopic (exact) mass is 247 g/mol. The quantitative estimate of drug-likeness (QED) is 0.840. The van der Waals surface area contributed by atoms with Gasteiger partial charge < -0.3 is 15.2 Å². The Kier molecular flexibility index (Phi) is 3.03. The van der Waals surface area contributed by atoms with Crippen molar-refractivity contribution in [2.24, 2.45) is 0 Å². The molecule has 0 fully saturated rings. The van der Waals surface area contributed by atoms with Gasteiger partial charge in [0.2, 0.25) is 0 Å². The molecule has 0 spiro atoms. The number of allylic oxidation sites excluding steroid dienone is 2. The molecule has 0 saturated carbocycles. The summed E-state index contributed by atoms with van der Waals surface area (Å²) >= 11 is 0. The van der Waals surface area contributed by atoms with Crippen molar-refractivity contribution in [2.45, 2.75) is 25.8 Å². The SMILES string of the molecule is COc1ccc(C2(C)CC(=O)C=C(C)N2)cc1O. The van der Waals surface area contributed by atoms with Crippen molar-refractivity contribution in [2.75, 3.05) is 7.11 Å². The minimum absolute atomic E-state index is 0.0812. The van der Waals surface area contributed by atoms with E-state index < -0.39 is 5.54 Å². The van der Waals surface area contributed by atoms with Gasteiger partial charge in [0.15, 0.2) is 17.3 Å². The second-order valence-electron chi connectivity index (χ2n) is 4.81. The molecule has 0 aliphatic carbocycles. The van der Waals surface area contributed by atoms with E-state index in [4.69, 9.17) is 4.74 Å². The van der Waals surface area contributed by atoms with E-state index >= 15 is 0 Å². The number of carbonyl (C=O) groups excluding carboxylic acids is 1. The standard InChI is InChI=1S/C14H17NO3/c1-9-6-11(16)8-14(2,15-9)10-4-5-13(18-3)12(17)7-10/h4-7,15,17H,8H2,1-3H3. The number of hydrogen-bond acceptors (Lipinski definition) is 4. The summed E-state index contributed by atoms with van der Waals surface area (Å²) in [4.78, 5) is 11.7. The fourth-order valence-corrected chi connectivity index (χ4v) is 2.36. The zero-order valence-electron chi connectivity index (χ0n) is 10.8. The summed E-state index contributed by atoms with van der Waals surface area (Å²) in [5, 5.41) is 13.1. The van der Waals surface area contributed by atoms with Gasteiger partial charge in [-0.1, -0.05) is 6.07 Å². The highest BCUT2D eigenvalue weighted by Crippen LogP contribution is 2.35. The number of hydrogen-bond donors (Lipinski definition) is 2. The Balaban J connectivity index is 2.39. The fourth-order valence-electron chi connectivity index (χ4n) is 2.36. The summed E-state index contributed by atoms with van der Waals surface area (Å²) in [5.74, 6) is 0.596. The van der Waals surface area contributed by atoms with E-state index in [0.717, 1.165) is 11.3 Å². The summed E-state index contributed by atoms with van der Waals surface area (Å²) in [7, 11) is 1.51. The van der Waals surface area contributed by atoms with Gasteiger partial charge in [0.05, 0.1) is 12.6 Å². The highest BCUT2D eigenvalue weighted by molar-refractivity contribution is 5.92. The van der Waals surface area contributed by atoms with Crippen LogP contribution in [0.2, 0.25) is 0 Å².